The highest BCUT2D eigenvalue weighted by Crippen LogP contribution is 2.35. The van der Waals surface area contributed by atoms with Crippen molar-refractivity contribution in [1.82, 2.24) is 14.5 Å². The van der Waals surface area contributed by atoms with Crippen LogP contribution in [0, 0.1) is 13.8 Å². The molecule has 0 bridgehead atoms. The Morgan fingerprint density at radius 2 is 1.97 bits per heavy atom. The summed E-state index contributed by atoms with van der Waals surface area (Å²) in [5.41, 5.74) is 4.85. The number of pyridine rings is 1. The summed E-state index contributed by atoms with van der Waals surface area (Å²) >= 11 is 19.0. The number of carbonyl (C=O) groups is 1. The number of thiocarbonyl (C=S) groups is 1. The van der Waals surface area contributed by atoms with Crippen LogP contribution < -0.4 is 0 Å². The number of hydrogen-bond acceptors (Lipinski definition) is 4. The topological polar surface area (TPSA) is 38.1 Å². The van der Waals surface area contributed by atoms with Gasteiger partial charge < -0.3 is 4.57 Å². The molecule has 0 spiro atoms. The Morgan fingerprint density at radius 1 is 1.17 bits per heavy atom. The Bertz CT molecular complexity index is 1190. The highest BCUT2D eigenvalue weighted by molar-refractivity contribution is 8.26. The number of aryl methyl sites for hydroxylation is 1. The van der Waals surface area contributed by atoms with E-state index in [0.29, 0.717) is 25.8 Å². The van der Waals surface area contributed by atoms with Gasteiger partial charge in [-0.25, -0.2) is 0 Å². The minimum atomic E-state index is -0.0896. The Balaban J connectivity index is 1.64. The third kappa shape index (κ3) is 4.05. The Kier molecular flexibility index (Phi) is 6.02. The maximum absolute atomic E-state index is 13.0. The van der Waals surface area contributed by atoms with Gasteiger partial charge in [-0.3, -0.25) is 14.7 Å². The van der Waals surface area contributed by atoms with Gasteiger partial charge in [-0.2, -0.15) is 0 Å². The summed E-state index contributed by atoms with van der Waals surface area (Å²) < 4.78 is 2.64. The van der Waals surface area contributed by atoms with E-state index in [2.05, 4.69) is 9.55 Å². The summed E-state index contributed by atoms with van der Waals surface area (Å²) in [6.45, 7) is 4.44. The van der Waals surface area contributed by atoms with Crippen LogP contribution in [0.1, 0.15) is 22.5 Å². The molecule has 0 N–H and O–H groups in total. The lowest BCUT2D eigenvalue weighted by atomic mass is 10.2. The van der Waals surface area contributed by atoms with Crippen molar-refractivity contribution < 1.29 is 4.79 Å². The van der Waals surface area contributed by atoms with Gasteiger partial charge in [0.05, 0.1) is 21.5 Å². The molecular formula is C22H17Cl2N3OS2. The number of nitrogens with zero attached hydrogens (tertiary/aromatic N) is 3. The second-order valence-corrected chi connectivity index (χ2v) is 9.38. The molecule has 0 unspecified atom stereocenters. The van der Waals surface area contributed by atoms with Crippen LogP contribution in [-0.2, 0) is 11.3 Å². The van der Waals surface area contributed by atoms with Gasteiger partial charge in [-0.05, 0) is 61.4 Å². The summed E-state index contributed by atoms with van der Waals surface area (Å²) in [5, 5.41) is 1.01. The number of aromatic nitrogens is 2. The third-order valence-corrected chi connectivity index (χ3v) is 6.97. The molecule has 1 aliphatic heterocycles. The van der Waals surface area contributed by atoms with Crippen molar-refractivity contribution in [2.24, 2.45) is 0 Å². The molecule has 1 amide bonds. The Hall–Kier alpha value is -2.12. The van der Waals surface area contributed by atoms with E-state index < -0.39 is 0 Å². The molecule has 4 rings (SSSR count). The van der Waals surface area contributed by atoms with Crippen molar-refractivity contribution in [2.45, 2.75) is 20.4 Å². The maximum Gasteiger partial charge on any atom is 0.266 e. The molecule has 30 heavy (non-hydrogen) atoms. The summed E-state index contributed by atoms with van der Waals surface area (Å²) in [7, 11) is 0. The van der Waals surface area contributed by atoms with Gasteiger partial charge in [0.25, 0.3) is 5.91 Å². The summed E-state index contributed by atoms with van der Waals surface area (Å²) in [4.78, 5) is 19.3. The van der Waals surface area contributed by atoms with E-state index in [9.17, 15) is 4.79 Å². The average Bonchev–Trinajstić information content (AvgIpc) is 3.15. The molecule has 152 valence electrons. The van der Waals surface area contributed by atoms with E-state index in [1.165, 1.54) is 11.8 Å². The molecule has 1 aromatic carbocycles. The maximum atomic E-state index is 13.0. The first-order chi connectivity index (χ1) is 14.3. The van der Waals surface area contributed by atoms with E-state index in [1.54, 1.807) is 23.4 Å². The van der Waals surface area contributed by atoms with E-state index in [4.69, 9.17) is 35.4 Å². The van der Waals surface area contributed by atoms with Crippen LogP contribution >= 0.6 is 47.2 Å². The number of halogens is 2. The lowest BCUT2D eigenvalue weighted by molar-refractivity contribution is -0.122. The van der Waals surface area contributed by atoms with Crippen LogP contribution in [0.15, 0.2) is 53.7 Å². The van der Waals surface area contributed by atoms with E-state index in [0.717, 1.165) is 28.2 Å². The minimum absolute atomic E-state index is 0.0896. The Morgan fingerprint density at radius 3 is 2.67 bits per heavy atom. The zero-order valence-corrected chi connectivity index (χ0v) is 19.4. The summed E-state index contributed by atoms with van der Waals surface area (Å²) in [5.74, 6) is -0.0896. The van der Waals surface area contributed by atoms with Gasteiger partial charge in [0, 0.05) is 29.5 Å². The van der Waals surface area contributed by atoms with Crippen LogP contribution in [0.25, 0.3) is 11.8 Å². The second-order valence-electron chi connectivity index (χ2n) is 6.89. The highest BCUT2D eigenvalue weighted by Gasteiger charge is 2.32. The van der Waals surface area contributed by atoms with Crippen molar-refractivity contribution >= 4 is 63.5 Å². The normalized spacial score (nSPS) is 15.5. The fourth-order valence-corrected chi connectivity index (χ4v) is 4.95. The second kappa shape index (κ2) is 8.55. The van der Waals surface area contributed by atoms with E-state index in [-0.39, 0.29) is 5.91 Å². The van der Waals surface area contributed by atoms with Crippen LogP contribution in [0.2, 0.25) is 10.0 Å². The van der Waals surface area contributed by atoms with Gasteiger partial charge in [-0.15, -0.1) is 0 Å². The predicted molar refractivity (Wildman–Crippen MR) is 128 cm³/mol. The van der Waals surface area contributed by atoms with Crippen LogP contribution in [0.4, 0.5) is 0 Å². The predicted octanol–water partition coefficient (Wildman–Crippen LogP) is 6.20. The average molecular weight is 474 g/mol. The molecule has 0 saturated carbocycles. The largest absolute Gasteiger partial charge is 0.318 e. The van der Waals surface area contributed by atoms with Gasteiger partial charge in [0.2, 0.25) is 0 Å². The Labute approximate surface area is 194 Å². The van der Waals surface area contributed by atoms with Crippen molar-refractivity contribution in [1.29, 1.82) is 0 Å². The van der Waals surface area contributed by atoms with E-state index >= 15 is 0 Å². The number of carbonyl (C=O) groups excluding carboxylic acids is 1. The van der Waals surface area contributed by atoms with Gasteiger partial charge in [0.1, 0.15) is 4.32 Å². The SMILES string of the molecule is Cc1cc(/C=C2\SC(=S)N(Cc3cccnc3)C2=O)c(C)n1-c1ccc(Cl)c(Cl)c1. The molecule has 0 radical (unpaired) electrons. The molecule has 1 saturated heterocycles. The van der Waals surface area contributed by atoms with Crippen molar-refractivity contribution in [3.05, 3.63) is 86.3 Å². The first-order valence-electron chi connectivity index (χ1n) is 9.14. The third-order valence-electron chi connectivity index (χ3n) is 4.86. The molecule has 3 heterocycles. The lowest BCUT2D eigenvalue weighted by Gasteiger charge is -2.13. The zero-order chi connectivity index (χ0) is 21.4. The lowest BCUT2D eigenvalue weighted by Crippen LogP contribution is -2.27. The number of benzene rings is 1. The van der Waals surface area contributed by atoms with Gasteiger partial charge in [0.15, 0.2) is 0 Å². The van der Waals surface area contributed by atoms with Crippen LogP contribution in [0.5, 0.6) is 0 Å². The molecule has 0 atom stereocenters. The molecule has 1 aliphatic rings. The smallest absolute Gasteiger partial charge is 0.266 e. The number of hydrogen-bond donors (Lipinski definition) is 0. The van der Waals surface area contributed by atoms with Crippen molar-refractivity contribution in [3.63, 3.8) is 0 Å². The van der Waals surface area contributed by atoms with Crippen LogP contribution in [0.3, 0.4) is 0 Å². The summed E-state index contributed by atoms with van der Waals surface area (Å²) in [6.07, 6.45) is 5.35. The molecule has 3 aromatic rings. The molecule has 4 nitrogen and oxygen atoms in total. The quantitative estimate of drug-likeness (QED) is 0.334. The molecule has 0 aliphatic carbocycles. The first kappa shape index (κ1) is 21.1. The van der Waals surface area contributed by atoms with E-state index in [1.807, 2.05) is 50.3 Å². The monoisotopic (exact) mass is 473 g/mol. The number of thioether (sulfide) groups is 1. The molecule has 1 fully saturated rings. The fourth-order valence-electron chi connectivity index (χ4n) is 3.41. The van der Waals surface area contributed by atoms with Crippen molar-refractivity contribution in [3.8, 4) is 5.69 Å². The standard InChI is InChI=1S/C22H17Cl2N3OS2/c1-13-8-16(14(2)27(13)17-5-6-18(23)19(24)10-17)9-20-21(28)26(22(29)30-20)12-15-4-3-7-25-11-15/h3-11H,12H2,1-2H3/b20-9-. The summed E-state index contributed by atoms with van der Waals surface area (Å²) in [6, 6.07) is 11.4. The highest BCUT2D eigenvalue weighted by atomic mass is 35.5. The number of rotatable bonds is 4. The fraction of sp³-hybridized carbons (Fsp3) is 0.136. The van der Waals surface area contributed by atoms with Crippen LogP contribution in [-0.4, -0.2) is 24.7 Å². The zero-order valence-electron chi connectivity index (χ0n) is 16.2. The van der Waals surface area contributed by atoms with Crippen molar-refractivity contribution in [2.75, 3.05) is 0 Å². The first-order valence-corrected chi connectivity index (χ1v) is 11.1. The minimum Gasteiger partial charge on any atom is -0.318 e. The van der Waals surface area contributed by atoms with Gasteiger partial charge in [-0.1, -0.05) is 53.2 Å². The van der Waals surface area contributed by atoms with Gasteiger partial charge >= 0.3 is 0 Å². The molecular weight excluding hydrogens is 457 g/mol. The molecule has 8 heteroatoms. The molecule has 2 aromatic heterocycles. The number of amides is 1.